The maximum Gasteiger partial charge on any atom is 0.179 e. The average Bonchev–Trinajstić information content (AvgIpc) is 2.87. The summed E-state index contributed by atoms with van der Waals surface area (Å²) in [7, 11) is 1.47. The van der Waals surface area contributed by atoms with Gasteiger partial charge < -0.3 is 29.5 Å². The summed E-state index contributed by atoms with van der Waals surface area (Å²) >= 11 is 6.39. The zero-order valence-electron chi connectivity index (χ0n) is 19.5. The molecule has 1 fully saturated rings. The zero-order chi connectivity index (χ0) is 24.4. The number of β-amino-alcohol motifs (C(OH)–C–C–N with tert-alkyl or cyclic N) is 1. The van der Waals surface area contributed by atoms with Crippen LogP contribution < -0.4 is 19.5 Å². The molecule has 4 heterocycles. The minimum atomic E-state index is -0.883. The smallest absolute Gasteiger partial charge is 0.179 e. The standard InChI is InChI=1S/C25H28ClFN4O4/c1-33-17-9-18-24(19(26)12-30-25(18)20(27)10-17)21(32)14-31-4-2-15(3-5-31)28-11-16-8-22-23(13-29-16)35-7-6-34-22/h8-10,12-13,15,21,28,32H,2-7,11,14H2,1H3/t21-/m1/s1. The van der Waals surface area contributed by atoms with Crippen LogP contribution in [0.15, 0.2) is 30.6 Å². The van der Waals surface area contributed by atoms with Gasteiger partial charge in [-0.1, -0.05) is 11.6 Å². The molecular formula is C25H28ClFN4O4. The van der Waals surface area contributed by atoms with Gasteiger partial charge in [0.15, 0.2) is 17.3 Å². The van der Waals surface area contributed by atoms with E-state index in [0.717, 1.165) is 37.4 Å². The van der Waals surface area contributed by atoms with Crippen LogP contribution in [0.25, 0.3) is 10.9 Å². The summed E-state index contributed by atoms with van der Waals surface area (Å²) in [5.74, 6) is 1.28. The predicted molar refractivity (Wildman–Crippen MR) is 130 cm³/mol. The summed E-state index contributed by atoms with van der Waals surface area (Å²) in [5, 5.41) is 15.4. The first-order valence-electron chi connectivity index (χ1n) is 11.7. The van der Waals surface area contributed by atoms with E-state index in [9.17, 15) is 9.50 Å². The van der Waals surface area contributed by atoms with Crippen molar-refractivity contribution >= 4 is 22.5 Å². The van der Waals surface area contributed by atoms with Crippen LogP contribution >= 0.6 is 11.6 Å². The first-order chi connectivity index (χ1) is 17.0. The number of nitrogens with one attached hydrogen (secondary N) is 1. The van der Waals surface area contributed by atoms with Crippen LogP contribution in [-0.4, -0.2) is 66.0 Å². The Bertz CT molecular complexity index is 1210. The Hall–Kier alpha value is -2.72. The van der Waals surface area contributed by atoms with Gasteiger partial charge in [0.2, 0.25) is 0 Å². The van der Waals surface area contributed by atoms with Crippen LogP contribution in [0.1, 0.15) is 30.2 Å². The number of aliphatic hydroxyl groups excluding tert-OH is 1. The molecule has 0 spiro atoms. The van der Waals surface area contributed by atoms with Crippen molar-refractivity contribution in [1.82, 2.24) is 20.2 Å². The number of aromatic nitrogens is 2. The Morgan fingerprint density at radius 1 is 1.17 bits per heavy atom. The maximum absolute atomic E-state index is 14.5. The molecule has 0 bridgehead atoms. The lowest BCUT2D eigenvalue weighted by molar-refractivity contribution is 0.0949. The number of aliphatic hydroxyl groups is 1. The molecule has 0 amide bonds. The molecule has 2 N–H and O–H groups in total. The van der Waals surface area contributed by atoms with Crippen molar-refractivity contribution in [2.24, 2.45) is 0 Å². The van der Waals surface area contributed by atoms with Gasteiger partial charge in [-0.25, -0.2) is 4.39 Å². The van der Waals surface area contributed by atoms with E-state index < -0.39 is 11.9 Å². The van der Waals surface area contributed by atoms with Gasteiger partial charge >= 0.3 is 0 Å². The van der Waals surface area contributed by atoms with Crippen molar-refractivity contribution in [3.63, 3.8) is 0 Å². The van der Waals surface area contributed by atoms with E-state index in [1.807, 2.05) is 6.07 Å². The topological polar surface area (TPSA) is 89.0 Å². The van der Waals surface area contributed by atoms with Crippen molar-refractivity contribution in [2.75, 3.05) is 40.0 Å². The summed E-state index contributed by atoms with van der Waals surface area (Å²) < 4.78 is 30.8. The van der Waals surface area contributed by atoms with Crippen molar-refractivity contribution in [2.45, 2.75) is 31.5 Å². The number of likely N-dealkylation sites (tertiary alicyclic amines) is 1. The van der Waals surface area contributed by atoms with Gasteiger partial charge in [-0.15, -0.1) is 0 Å². The molecule has 2 aliphatic heterocycles. The lowest BCUT2D eigenvalue weighted by Crippen LogP contribution is -2.43. The molecule has 186 valence electrons. The number of hydrogen-bond donors (Lipinski definition) is 2. The fourth-order valence-electron chi connectivity index (χ4n) is 4.68. The van der Waals surface area contributed by atoms with Gasteiger partial charge in [0, 0.05) is 48.4 Å². The Morgan fingerprint density at radius 2 is 1.94 bits per heavy atom. The number of nitrogens with zero attached hydrogens (tertiary/aromatic N) is 3. The van der Waals surface area contributed by atoms with Gasteiger partial charge in [-0.2, -0.15) is 0 Å². The minimum absolute atomic E-state index is 0.167. The molecule has 2 aliphatic rings. The van der Waals surface area contributed by atoms with Crippen LogP contribution in [-0.2, 0) is 6.54 Å². The van der Waals surface area contributed by atoms with E-state index in [4.69, 9.17) is 25.8 Å². The van der Waals surface area contributed by atoms with E-state index in [-0.39, 0.29) is 5.52 Å². The molecule has 1 aromatic carbocycles. The second kappa shape index (κ2) is 10.5. The van der Waals surface area contributed by atoms with E-state index in [0.29, 0.717) is 59.8 Å². The van der Waals surface area contributed by atoms with Gasteiger partial charge in [-0.05, 0) is 32.0 Å². The molecule has 0 unspecified atom stereocenters. The third-order valence-electron chi connectivity index (χ3n) is 6.54. The molecule has 5 rings (SSSR count). The number of rotatable bonds is 7. The Balaban J connectivity index is 1.18. The molecule has 35 heavy (non-hydrogen) atoms. The molecule has 8 nitrogen and oxygen atoms in total. The lowest BCUT2D eigenvalue weighted by Gasteiger charge is -2.34. The monoisotopic (exact) mass is 502 g/mol. The highest BCUT2D eigenvalue weighted by Crippen LogP contribution is 2.34. The third kappa shape index (κ3) is 5.28. The lowest BCUT2D eigenvalue weighted by atomic mass is 10.0. The fourth-order valence-corrected chi connectivity index (χ4v) is 4.95. The Morgan fingerprint density at radius 3 is 2.71 bits per heavy atom. The van der Waals surface area contributed by atoms with Crippen molar-refractivity contribution < 1.29 is 23.7 Å². The summed E-state index contributed by atoms with van der Waals surface area (Å²) in [6.45, 7) is 3.79. The van der Waals surface area contributed by atoms with E-state index in [1.165, 1.54) is 19.4 Å². The van der Waals surface area contributed by atoms with E-state index in [2.05, 4.69) is 20.2 Å². The van der Waals surface area contributed by atoms with Crippen molar-refractivity contribution in [1.29, 1.82) is 0 Å². The normalized spacial score (nSPS) is 17.5. The maximum atomic E-state index is 14.5. The number of halogens is 2. The van der Waals surface area contributed by atoms with Crippen LogP contribution in [0.2, 0.25) is 5.02 Å². The van der Waals surface area contributed by atoms with Crippen molar-refractivity contribution in [3.05, 3.63) is 52.7 Å². The molecule has 1 saturated heterocycles. The molecule has 0 radical (unpaired) electrons. The highest BCUT2D eigenvalue weighted by atomic mass is 35.5. The Kier molecular flexibility index (Phi) is 7.19. The van der Waals surface area contributed by atoms with Crippen molar-refractivity contribution in [3.8, 4) is 17.2 Å². The minimum Gasteiger partial charge on any atom is -0.497 e. The summed E-state index contributed by atoms with van der Waals surface area (Å²) in [5.41, 5.74) is 1.55. The fraction of sp³-hybridized carbons (Fsp3) is 0.440. The summed E-state index contributed by atoms with van der Waals surface area (Å²) in [6.07, 6.45) is 4.09. The number of pyridine rings is 2. The van der Waals surface area contributed by atoms with Gasteiger partial charge in [0.1, 0.15) is 24.5 Å². The first-order valence-corrected chi connectivity index (χ1v) is 12.1. The molecule has 0 aliphatic carbocycles. The number of methoxy groups -OCH3 is 1. The highest BCUT2D eigenvalue weighted by Gasteiger charge is 2.25. The molecular weight excluding hydrogens is 475 g/mol. The number of fused-ring (bicyclic) bond motifs is 2. The molecule has 1 atom stereocenters. The molecule has 2 aromatic heterocycles. The first kappa shape index (κ1) is 24.0. The van der Waals surface area contributed by atoms with Gasteiger partial charge in [-0.3, -0.25) is 9.97 Å². The van der Waals surface area contributed by atoms with Gasteiger partial charge in [0.25, 0.3) is 0 Å². The predicted octanol–water partition coefficient (Wildman–Crippen LogP) is 3.49. The second-order valence-corrected chi connectivity index (χ2v) is 9.22. The zero-order valence-corrected chi connectivity index (χ0v) is 20.2. The van der Waals surface area contributed by atoms with Crippen LogP contribution in [0.4, 0.5) is 4.39 Å². The third-order valence-corrected chi connectivity index (χ3v) is 6.84. The van der Waals surface area contributed by atoms with Crippen LogP contribution in [0.3, 0.4) is 0 Å². The number of piperidine rings is 1. The average molecular weight is 503 g/mol. The largest absolute Gasteiger partial charge is 0.497 e. The van der Waals surface area contributed by atoms with Crippen LogP contribution in [0, 0.1) is 5.82 Å². The Labute approximate surface area is 208 Å². The molecule has 0 saturated carbocycles. The molecule has 3 aromatic rings. The van der Waals surface area contributed by atoms with Crippen LogP contribution in [0.5, 0.6) is 17.2 Å². The highest BCUT2D eigenvalue weighted by molar-refractivity contribution is 6.32. The molecule has 10 heteroatoms. The summed E-state index contributed by atoms with van der Waals surface area (Å²) in [6, 6.07) is 5.21. The number of benzene rings is 1. The van der Waals surface area contributed by atoms with E-state index >= 15 is 0 Å². The number of ether oxygens (including phenoxy) is 3. The van der Waals surface area contributed by atoms with E-state index in [1.54, 1.807) is 12.3 Å². The number of hydrogen-bond acceptors (Lipinski definition) is 8. The quantitative estimate of drug-likeness (QED) is 0.507. The summed E-state index contributed by atoms with van der Waals surface area (Å²) in [4.78, 5) is 10.8. The second-order valence-electron chi connectivity index (χ2n) is 8.82. The van der Waals surface area contributed by atoms with Gasteiger partial charge in [0.05, 0.1) is 30.1 Å². The SMILES string of the molecule is COc1cc(F)c2ncc(Cl)c([C@H](O)CN3CCC(NCc4cc5c(cn4)OCCO5)CC3)c2c1.